The van der Waals surface area contributed by atoms with Crippen molar-refractivity contribution in [1.29, 1.82) is 0 Å². The minimum Gasteiger partial charge on any atom is -0.0695 e. The van der Waals surface area contributed by atoms with Crippen molar-refractivity contribution < 1.29 is 0 Å². The van der Waals surface area contributed by atoms with E-state index < -0.39 is 16.1 Å². The standard InChI is InChI=1S/C15H32Si2/c1-16(2,3)8-7-13-9-12-10-14(13)15(11-12)17(4,5)6/h12-15H,7-11H2,1-6H3. The topological polar surface area (TPSA) is 0 Å². The number of hydrogen-bond donors (Lipinski definition) is 0. The highest BCUT2D eigenvalue weighted by atomic mass is 28.3. The third-order valence-corrected chi connectivity index (χ3v) is 10.0. The van der Waals surface area contributed by atoms with Crippen LogP contribution in [-0.2, 0) is 0 Å². The first-order valence-electron chi connectivity index (χ1n) is 7.67. The highest BCUT2D eigenvalue weighted by molar-refractivity contribution is 6.77. The van der Waals surface area contributed by atoms with E-state index in [1.165, 1.54) is 0 Å². The van der Waals surface area contributed by atoms with Gasteiger partial charge in [-0.15, -0.1) is 0 Å². The van der Waals surface area contributed by atoms with Crippen LogP contribution >= 0.6 is 0 Å². The van der Waals surface area contributed by atoms with E-state index in [4.69, 9.17) is 0 Å². The van der Waals surface area contributed by atoms with Gasteiger partial charge in [-0.1, -0.05) is 51.7 Å². The molecule has 0 nitrogen and oxygen atoms in total. The van der Waals surface area contributed by atoms with Crippen LogP contribution in [0.1, 0.15) is 25.7 Å². The Balaban J connectivity index is 1.94. The lowest BCUT2D eigenvalue weighted by atomic mass is 9.86. The Morgan fingerprint density at radius 1 is 0.882 bits per heavy atom. The van der Waals surface area contributed by atoms with Crippen molar-refractivity contribution in [1.82, 2.24) is 0 Å². The molecule has 0 N–H and O–H groups in total. The molecule has 2 aliphatic rings. The first-order chi connectivity index (χ1) is 7.67. The van der Waals surface area contributed by atoms with E-state index in [1.807, 2.05) is 0 Å². The van der Waals surface area contributed by atoms with Gasteiger partial charge in [0.05, 0.1) is 0 Å². The number of hydrogen-bond acceptors (Lipinski definition) is 0. The molecule has 0 amide bonds. The summed E-state index contributed by atoms with van der Waals surface area (Å²) in [6, 6.07) is 1.57. The zero-order valence-corrected chi connectivity index (χ0v) is 14.8. The minimum absolute atomic E-state index is 0.809. The molecule has 17 heavy (non-hydrogen) atoms. The number of rotatable bonds is 4. The molecule has 2 heteroatoms. The summed E-state index contributed by atoms with van der Waals surface area (Å²) in [5.74, 6) is 3.39. The molecule has 0 saturated heterocycles. The third-order valence-electron chi connectivity index (χ3n) is 5.33. The van der Waals surface area contributed by atoms with Crippen molar-refractivity contribution in [2.45, 2.75) is 76.6 Å². The van der Waals surface area contributed by atoms with Gasteiger partial charge in [0.25, 0.3) is 0 Å². The molecule has 4 atom stereocenters. The van der Waals surface area contributed by atoms with Gasteiger partial charge < -0.3 is 0 Å². The first-order valence-corrected chi connectivity index (χ1v) is 15.0. The second-order valence-corrected chi connectivity index (χ2v) is 20.2. The highest BCUT2D eigenvalue weighted by Crippen LogP contribution is 2.59. The summed E-state index contributed by atoms with van der Waals surface area (Å²) < 4.78 is 0. The average molecular weight is 269 g/mol. The molecule has 2 fully saturated rings. The van der Waals surface area contributed by atoms with Crippen LogP contribution in [0.4, 0.5) is 0 Å². The van der Waals surface area contributed by atoms with Gasteiger partial charge in [-0.25, -0.2) is 0 Å². The van der Waals surface area contributed by atoms with Gasteiger partial charge in [-0.05, 0) is 42.6 Å². The Morgan fingerprint density at radius 2 is 1.53 bits per heavy atom. The van der Waals surface area contributed by atoms with E-state index in [1.54, 1.807) is 31.7 Å². The molecule has 0 aliphatic heterocycles. The maximum absolute atomic E-state index is 2.61. The summed E-state index contributed by atoms with van der Waals surface area (Å²) in [6.07, 6.45) is 6.36. The number of fused-ring (bicyclic) bond motifs is 2. The van der Waals surface area contributed by atoms with E-state index in [9.17, 15) is 0 Å². The molecule has 2 saturated carbocycles. The van der Waals surface area contributed by atoms with Gasteiger partial charge in [0, 0.05) is 16.1 Å². The first kappa shape index (κ1) is 13.9. The van der Waals surface area contributed by atoms with Crippen molar-refractivity contribution in [2.75, 3.05) is 0 Å². The summed E-state index contributed by atoms with van der Waals surface area (Å²) >= 11 is 0. The third kappa shape index (κ3) is 3.25. The van der Waals surface area contributed by atoms with Crippen LogP contribution in [0.5, 0.6) is 0 Å². The zero-order chi connectivity index (χ0) is 12.8. The fourth-order valence-corrected chi connectivity index (χ4v) is 8.41. The second-order valence-electron chi connectivity index (χ2n) is 9.07. The van der Waals surface area contributed by atoms with Crippen molar-refractivity contribution >= 4 is 16.1 Å². The molecule has 0 aromatic heterocycles. The Bertz CT molecular complexity index is 272. The smallest absolute Gasteiger partial charge is 0.0476 e. The predicted molar refractivity (Wildman–Crippen MR) is 84.2 cm³/mol. The van der Waals surface area contributed by atoms with E-state index in [2.05, 4.69) is 39.3 Å². The van der Waals surface area contributed by atoms with Crippen molar-refractivity contribution in [3.63, 3.8) is 0 Å². The van der Waals surface area contributed by atoms with Crippen LogP contribution in [0.2, 0.25) is 50.9 Å². The Morgan fingerprint density at radius 3 is 2.00 bits per heavy atom. The van der Waals surface area contributed by atoms with Crippen LogP contribution in [0.3, 0.4) is 0 Å². The molecule has 0 heterocycles. The predicted octanol–water partition coefficient (Wildman–Crippen LogP) is 5.47. The Labute approximate surface area is 111 Å². The monoisotopic (exact) mass is 268 g/mol. The van der Waals surface area contributed by atoms with Crippen LogP contribution in [0, 0.1) is 17.8 Å². The molecule has 0 aromatic rings. The largest absolute Gasteiger partial charge is 0.0695 e. The molecule has 0 aromatic carbocycles. The summed E-state index contributed by atoms with van der Waals surface area (Å²) in [7, 11) is -1.69. The average Bonchev–Trinajstić information content (AvgIpc) is 2.70. The fourth-order valence-electron chi connectivity index (χ4n) is 4.44. The van der Waals surface area contributed by atoms with Gasteiger partial charge in [-0.3, -0.25) is 0 Å². The quantitative estimate of drug-likeness (QED) is 0.593. The van der Waals surface area contributed by atoms with Crippen molar-refractivity contribution in [3.05, 3.63) is 0 Å². The highest BCUT2D eigenvalue weighted by Gasteiger charge is 2.49. The van der Waals surface area contributed by atoms with Gasteiger partial charge in [0.15, 0.2) is 0 Å². The molecule has 0 spiro atoms. The molecule has 0 radical (unpaired) electrons. The van der Waals surface area contributed by atoms with Crippen molar-refractivity contribution in [2.24, 2.45) is 17.8 Å². The fraction of sp³-hybridized carbons (Fsp3) is 1.00. The van der Waals surface area contributed by atoms with Crippen LogP contribution in [0.15, 0.2) is 0 Å². The normalized spacial score (nSPS) is 37.8. The zero-order valence-electron chi connectivity index (χ0n) is 12.8. The summed E-state index contributed by atoms with van der Waals surface area (Å²) in [5.41, 5.74) is 1.16. The van der Waals surface area contributed by atoms with Crippen LogP contribution in [-0.4, -0.2) is 16.1 Å². The van der Waals surface area contributed by atoms with Gasteiger partial charge >= 0.3 is 0 Å². The molecule has 2 bridgehead atoms. The van der Waals surface area contributed by atoms with E-state index in [0.29, 0.717) is 0 Å². The Kier molecular flexibility index (Phi) is 3.68. The molecular formula is C15H32Si2. The lowest BCUT2D eigenvalue weighted by Gasteiger charge is -2.37. The summed E-state index contributed by atoms with van der Waals surface area (Å²) in [5, 5.41) is 0. The summed E-state index contributed by atoms with van der Waals surface area (Å²) in [4.78, 5) is 0. The minimum atomic E-state index is -0.883. The van der Waals surface area contributed by atoms with Gasteiger partial charge in [-0.2, -0.15) is 0 Å². The van der Waals surface area contributed by atoms with Crippen LogP contribution in [0.25, 0.3) is 0 Å². The van der Waals surface area contributed by atoms with Crippen molar-refractivity contribution in [3.8, 4) is 0 Å². The maximum Gasteiger partial charge on any atom is 0.0476 e. The van der Waals surface area contributed by atoms with E-state index in [0.717, 1.165) is 23.3 Å². The summed E-state index contributed by atoms with van der Waals surface area (Å²) in [6.45, 7) is 15.4. The lowest BCUT2D eigenvalue weighted by Crippen LogP contribution is -2.35. The molecular weight excluding hydrogens is 236 g/mol. The molecule has 2 rings (SSSR count). The SMILES string of the molecule is C[Si](C)(C)CCC1CC2CC1C([Si](C)(C)C)C2. The molecule has 100 valence electrons. The van der Waals surface area contributed by atoms with E-state index in [-0.39, 0.29) is 0 Å². The maximum atomic E-state index is 2.61. The Hall–Kier alpha value is 0.434. The second kappa shape index (κ2) is 4.52. The van der Waals surface area contributed by atoms with Gasteiger partial charge in [0.1, 0.15) is 0 Å². The lowest BCUT2D eigenvalue weighted by molar-refractivity contribution is 0.318. The molecule has 2 aliphatic carbocycles. The van der Waals surface area contributed by atoms with Crippen LogP contribution < -0.4 is 0 Å². The van der Waals surface area contributed by atoms with E-state index >= 15 is 0 Å². The molecule has 4 unspecified atom stereocenters. The van der Waals surface area contributed by atoms with Gasteiger partial charge in [0.2, 0.25) is 0 Å².